The highest BCUT2D eigenvalue weighted by atomic mass is 32.2. The summed E-state index contributed by atoms with van der Waals surface area (Å²) in [5.74, 6) is -0.111. The van der Waals surface area contributed by atoms with Crippen LogP contribution in [0.1, 0.15) is 39.0 Å². The smallest absolute Gasteiger partial charge is 0.265 e. The second-order valence-corrected chi connectivity index (χ2v) is 11.5. The standard InChI is InChI=1S/C35H35N3O2S/c1-25-14-15-26(2)29(22-25)24-38-31-12-7-8-13-32(31)41-33(35(38)40)23-27-16-18-28(19-17-27)34(39)36-20-9-21-37(3)30-10-5-4-6-11-30/h4-8,10-19,22-23H,9,20-21,24H2,1-3H3,(H,36,39)/b33-23-. The molecule has 4 aromatic rings. The summed E-state index contributed by atoms with van der Waals surface area (Å²) in [7, 11) is 2.06. The van der Waals surface area contributed by atoms with E-state index in [2.05, 4.69) is 67.5 Å². The number of aryl methyl sites for hydroxylation is 2. The molecule has 1 heterocycles. The Balaban J connectivity index is 1.24. The van der Waals surface area contributed by atoms with Gasteiger partial charge in [0.15, 0.2) is 0 Å². The molecule has 0 aliphatic carbocycles. The van der Waals surface area contributed by atoms with Gasteiger partial charge in [0, 0.05) is 36.3 Å². The largest absolute Gasteiger partial charge is 0.375 e. The van der Waals surface area contributed by atoms with Gasteiger partial charge in [-0.1, -0.05) is 78.0 Å². The maximum atomic E-state index is 13.7. The van der Waals surface area contributed by atoms with Crippen molar-refractivity contribution >= 4 is 41.0 Å². The fourth-order valence-electron chi connectivity index (χ4n) is 4.87. The Morgan fingerprint density at radius 3 is 2.44 bits per heavy atom. The predicted molar refractivity (Wildman–Crippen MR) is 170 cm³/mol. The van der Waals surface area contributed by atoms with Crippen LogP contribution in [0.2, 0.25) is 0 Å². The number of nitrogens with one attached hydrogen (secondary N) is 1. The minimum atomic E-state index is -0.0942. The monoisotopic (exact) mass is 561 g/mol. The van der Waals surface area contributed by atoms with Crippen molar-refractivity contribution in [3.8, 4) is 0 Å². The molecule has 1 aliphatic rings. The van der Waals surface area contributed by atoms with Crippen LogP contribution in [0.15, 0.2) is 107 Å². The van der Waals surface area contributed by atoms with Gasteiger partial charge in [0.25, 0.3) is 11.8 Å². The Labute approximate surface area is 246 Å². The first kappa shape index (κ1) is 28.2. The third kappa shape index (κ3) is 6.90. The molecule has 2 amide bonds. The molecular weight excluding hydrogens is 526 g/mol. The number of carbonyl (C=O) groups excluding carboxylic acids is 2. The molecule has 1 aliphatic heterocycles. The molecule has 4 aromatic carbocycles. The minimum Gasteiger partial charge on any atom is -0.375 e. The van der Waals surface area contributed by atoms with Crippen LogP contribution in [-0.2, 0) is 11.3 Å². The van der Waals surface area contributed by atoms with Crippen molar-refractivity contribution in [1.29, 1.82) is 0 Å². The Hall–Kier alpha value is -4.29. The summed E-state index contributed by atoms with van der Waals surface area (Å²) in [5.41, 5.74) is 7.07. The van der Waals surface area contributed by atoms with Gasteiger partial charge in [-0.2, -0.15) is 0 Å². The minimum absolute atomic E-state index is 0.0168. The number of nitrogens with zero attached hydrogens (tertiary/aromatic N) is 2. The molecule has 0 bridgehead atoms. The fraction of sp³-hybridized carbons (Fsp3) is 0.200. The van der Waals surface area contributed by atoms with Crippen LogP contribution in [0.4, 0.5) is 11.4 Å². The zero-order chi connectivity index (χ0) is 28.8. The van der Waals surface area contributed by atoms with Gasteiger partial charge in [0.05, 0.1) is 17.1 Å². The van der Waals surface area contributed by atoms with Gasteiger partial charge in [0.1, 0.15) is 0 Å². The molecule has 0 atom stereocenters. The first-order valence-corrected chi connectivity index (χ1v) is 14.7. The summed E-state index contributed by atoms with van der Waals surface area (Å²) in [6.07, 6.45) is 2.76. The molecule has 0 unspecified atom stereocenters. The van der Waals surface area contributed by atoms with Crippen LogP contribution in [0.3, 0.4) is 0 Å². The van der Waals surface area contributed by atoms with Gasteiger partial charge in [-0.3, -0.25) is 9.59 Å². The second-order valence-electron chi connectivity index (χ2n) is 10.4. The van der Waals surface area contributed by atoms with Crippen molar-refractivity contribution in [2.45, 2.75) is 31.7 Å². The Kier molecular flexibility index (Phi) is 8.90. The number of hydrogen-bond acceptors (Lipinski definition) is 4. The number of carbonyl (C=O) groups is 2. The van der Waals surface area contributed by atoms with E-state index in [0.29, 0.717) is 23.6 Å². The average molecular weight is 562 g/mol. The summed E-state index contributed by atoms with van der Waals surface area (Å²) < 4.78 is 0. The summed E-state index contributed by atoms with van der Waals surface area (Å²) >= 11 is 1.49. The first-order chi connectivity index (χ1) is 19.9. The van der Waals surface area contributed by atoms with Gasteiger partial charge >= 0.3 is 0 Å². The van der Waals surface area contributed by atoms with Gasteiger partial charge < -0.3 is 15.1 Å². The van der Waals surface area contributed by atoms with E-state index in [0.717, 1.165) is 40.4 Å². The Bertz CT molecular complexity index is 1560. The number of benzene rings is 4. The molecule has 0 saturated heterocycles. The fourth-order valence-corrected chi connectivity index (χ4v) is 5.93. The molecular formula is C35H35N3O2S. The van der Waals surface area contributed by atoms with Crippen molar-refractivity contribution in [2.24, 2.45) is 0 Å². The van der Waals surface area contributed by atoms with Crippen molar-refractivity contribution in [1.82, 2.24) is 5.32 Å². The van der Waals surface area contributed by atoms with Crippen LogP contribution >= 0.6 is 11.8 Å². The topological polar surface area (TPSA) is 52.7 Å². The average Bonchev–Trinajstić information content (AvgIpc) is 2.99. The highest BCUT2D eigenvalue weighted by Crippen LogP contribution is 2.42. The van der Waals surface area contributed by atoms with E-state index >= 15 is 0 Å². The Morgan fingerprint density at radius 1 is 0.927 bits per heavy atom. The summed E-state index contributed by atoms with van der Waals surface area (Å²) in [6, 6.07) is 32.0. The van der Waals surface area contributed by atoms with E-state index in [1.54, 1.807) is 0 Å². The van der Waals surface area contributed by atoms with Crippen molar-refractivity contribution < 1.29 is 9.59 Å². The van der Waals surface area contributed by atoms with Crippen molar-refractivity contribution in [3.63, 3.8) is 0 Å². The van der Waals surface area contributed by atoms with Crippen LogP contribution in [-0.4, -0.2) is 32.0 Å². The van der Waals surface area contributed by atoms with E-state index < -0.39 is 0 Å². The lowest BCUT2D eigenvalue weighted by Gasteiger charge is -2.31. The van der Waals surface area contributed by atoms with Gasteiger partial charge in [-0.05, 0) is 79.4 Å². The summed E-state index contributed by atoms with van der Waals surface area (Å²) in [4.78, 5) is 32.2. The molecule has 6 heteroatoms. The van der Waals surface area contributed by atoms with E-state index in [9.17, 15) is 9.59 Å². The zero-order valence-electron chi connectivity index (χ0n) is 23.8. The van der Waals surface area contributed by atoms with Crippen molar-refractivity contribution in [3.05, 3.63) is 130 Å². The van der Waals surface area contributed by atoms with Crippen LogP contribution in [0.5, 0.6) is 0 Å². The maximum Gasteiger partial charge on any atom is 0.265 e. The SMILES string of the molecule is Cc1ccc(C)c(CN2C(=O)/C(=C/c3ccc(C(=O)NCCCN(C)c4ccccc4)cc3)Sc3ccccc32)c1. The lowest BCUT2D eigenvalue weighted by molar-refractivity contribution is -0.114. The quantitative estimate of drug-likeness (QED) is 0.173. The Morgan fingerprint density at radius 2 is 1.66 bits per heavy atom. The van der Waals surface area contributed by atoms with Crippen LogP contribution in [0.25, 0.3) is 6.08 Å². The van der Waals surface area contributed by atoms with E-state index in [1.807, 2.05) is 71.6 Å². The molecule has 0 radical (unpaired) electrons. The van der Waals surface area contributed by atoms with Gasteiger partial charge in [0.2, 0.25) is 0 Å². The molecule has 208 valence electrons. The molecule has 0 saturated carbocycles. The number of rotatable bonds is 9. The van der Waals surface area contributed by atoms with Gasteiger partial charge in [-0.15, -0.1) is 0 Å². The van der Waals surface area contributed by atoms with Gasteiger partial charge in [-0.25, -0.2) is 0 Å². The summed E-state index contributed by atoms with van der Waals surface area (Å²) in [5, 5.41) is 3.02. The van der Waals surface area contributed by atoms with E-state index in [4.69, 9.17) is 0 Å². The van der Waals surface area contributed by atoms with E-state index in [-0.39, 0.29) is 11.8 Å². The first-order valence-electron chi connectivity index (χ1n) is 13.9. The number of para-hydroxylation sites is 2. The normalized spacial score (nSPS) is 13.7. The highest BCUT2D eigenvalue weighted by molar-refractivity contribution is 8.04. The number of hydrogen-bond donors (Lipinski definition) is 1. The number of fused-ring (bicyclic) bond motifs is 1. The molecule has 0 aromatic heterocycles. The number of thioether (sulfide) groups is 1. The van der Waals surface area contributed by atoms with Crippen LogP contribution < -0.4 is 15.1 Å². The van der Waals surface area contributed by atoms with E-state index in [1.165, 1.54) is 22.9 Å². The molecule has 1 N–H and O–H groups in total. The second kappa shape index (κ2) is 12.9. The molecule has 0 fully saturated rings. The third-order valence-electron chi connectivity index (χ3n) is 7.29. The maximum absolute atomic E-state index is 13.7. The predicted octanol–water partition coefficient (Wildman–Crippen LogP) is 7.24. The lowest BCUT2D eigenvalue weighted by atomic mass is 10.0. The number of amides is 2. The number of anilines is 2. The van der Waals surface area contributed by atoms with Crippen molar-refractivity contribution in [2.75, 3.05) is 29.9 Å². The molecule has 0 spiro atoms. The molecule has 5 rings (SSSR count). The molecule has 41 heavy (non-hydrogen) atoms. The van der Waals surface area contributed by atoms with Crippen LogP contribution in [0, 0.1) is 13.8 Å². The highest BCUT2D eigenvalue weighted by Gasteiger charge is 2.29. The summed E-state index contributed by atoms with van der Waals surface area (Å²) in [6.45, 7) is 6.13. The zero-order valence-corrected chi connectivity index (χ0v) is 24.6. The molecule has 5 nitrogen and oxygen atoms in total. The third-order valence-corrected chi connectivity index (χ3v) is 8.37. The lowest BCUT2D eigenvalue weighted by Crippen LogP contribution is -2.34.